The molecule has 0 unspecified atom stereocenters. The quantitative estimate of drug-likeness (QED) is 0.541. The van der Waals surface area contributed by atoms with Crippen molar-refractivity contribution in [2.75, 3.05) is 18.5 Å². The lowest BCUT2D eigenvalue weighted by Crippen LogP contribution is -2.31. The molecule has 1 N–H and O–H groups in total. The Hall–Kier alpha value is -3.00. The van der Waals surface area contributed by atoms with Crippen LogP contribution in [0.25, 0.3) is 0 Å². The van der Waals surface area contributed by atoms with E-state index in [4.69, 9.17) is 4.74 Å². The number of ether oxygens (including phenoxy) is 1. The first-order valence-electron chi connectivity index (χ1n) is 10.1. The first-order chi connectivity index (χ1) is 14.5. The van der Waals surface area contributed by atoms with Gasteiger partial charge in [-0.15, -0.1) is 11.3 Å². The molecular weight excluding hydrogens is 404 g/mol. The predicted molar refractivity (Wildman–Crippen MR) is 112 cm³/mol. The van der Waals surface area contributed by atoms with E-state index in [1.807, 2.05) is 0 Å². The van der Waals surface area contributed by atoms with E-state index in [1.54, 1.807) is 31.2 Å². The SMILES string of the molecule is CCOC(=O)c1c(NC(=O)CCCN2C(=O)c3ccccc3C2=O)sc2c1CCC2. The van der Waals surface area contributed by atoms with Crippen molar-refractivity contribution in [2.24, 2.45) is 0 Å². The number of carbonyl (C=O) groups is 4. The summed E-state index contributed by atoms with van der Waals surface area (Å²) in [6, 6.07) is 6.71. The smallest absolute Gasteiger partial charge is 0.341 e. The molecule has 156 valence electrons. The molecule has 0 saturated heterocycles. The molecule has 7 nitrogen and oxygen atoms in total. The number of nitrogens with zero attached hydrogens (tertiary/aromatic N) is 1. The van der Waals surface area contributed by atoms with Crippen LogP contribution in [0.4, 0.5) is 5.00 Å². The highest BCUT2D eigenvalue weighted by Gasteiger charge is 2.34. The molecule has 1 aliphatic carbocycles. The highest BCUT2D eigenvalue weighted by Crippen LogP contribution is 2.39. The number of fused-ring (bicyclic) bond motifs is 2. The summed E-state index contributed by atoms with van der Waals surface area (Å²) in [6.45, 7) is 2.20. The van der Waals surface area contributed by atoms with E-state index in [2.05, 4.69) is 5.32 Å². The van der Waals surface area contributed by atoms with Gasteiger partial charge in [0.25, 0.3) is 11.8 Å². The number of hydrogen-bond donors (Lipinski definition) is 1. The third-order valence-corrected chi connectivity index (χ3v) is 6.52. The minimum absolute atomic E-state index is 0.137. The number of rotatable bonds is 7. The van der Waals surface area contributed by atoms with Crippen LogP contribution in [0.3, 0.4) is 0 Å². The zero-order valence-electron chi connectivity index (χ0n) is 16.7. The molecule has 0 bridgehead atoms. The van der Waals surface area contributed by atoms with Gasteiger partial charge in [-0.3, -0.25) is 19.3 Å². The number of benzene rings is 1. The number of carbonyl (C=O) groups excluding carboxylic acids is 4. The van der Waals surface area contributed by atoms with Crippen LogP contribution >= 0.6 is 11.3 Å². The molecule has 3 amide bonds. The number of hydrogen-bond acceptors (Lipinski definition) is 6. The second kappa shape index (κ2) is 8.39. The van der Waals surface area contributed by atoms with Crippen molar-refractivity contribution >= 4 is 40.0 Å². The number of amides is 3. The summed E-state index contributed by atoms with van der Waals surface area (Å²) < 4.78 is 5.17. The number of imide groups is 1. The highest BCUT2D eigenvalue weighted by atomic mass is 32.1. The van der Waals surface area contributed by atoms with Crippen molar-refractivity contribution in [2.45, 2.75) is 39.0 Å². The van der Waals surface area contributed by atoms with E-state index < -0.39 is 5.97 Å². The van der Waals surface area contributed by atoms with Gasteiger partial charge in [-0.25, -0.2) is 4.79 Å². The fraction of sp³-hybridized carbons (Fsp3) is 0.364. The first kappa shape index (κ1) is 20.3. The van der Waals surface area contributed by atoms with Crippen LogP contribution in [0.1, 0.15) is 67.7 Å². The van der Waals surface area contributed by atoms with E-state index in [0.717, 1.165) is 29.7 Å². The lowest BCUT2D eigenvalue weighted by atomic mass is 10.1. The summed E-state index contributed by atoms with van der Waals surface area (Å²) >= 11 is 1.43. The van der Waals surface area contributed by atoms with Crippen LogP contribution in [0.2, 0.25) is 0 Å². The molecule has 8 heteroatoms. The highest BCUT2D eigenvalue weighted by molar-refractivity contribution is 7.17. The molecule has 1 aromatic carbocycles. The predicted octanol–water partition coefficient (Wildman–Crippen LogP) is 3.43. The minimum Gasteiger partial charge on any atom is -0.462 e. The Morgan fingerprint density at radius 1 is 1.13 bits per heavy atom. The number of aryl methyl sites for hydroxylation is 1. The van der Waals surface area contributed by atoms with Gasteiger partial charge >= 0.3 is 5.97 Å². The molecule has 1 aliphatic heterocycles. The number of nitrogens with one attached hydrogen (secondary N) is 1. The van der Waals surface area contributed by atoms with Crippen molar-refractivity contribution < 1.29 is 23.9 Å². The average molecular weight is 426 g/mol. The maximum Gasteiger partial charge on any atom is 0.341 e. The van der Waals surface area contributed by atoms with Crippen LogP contribution in [0.5, 0.6) is 0 Å². The van der Waals surface area contributed by atoms with Gasteiger partial charge in [0.1, 0.15) is 5.00 Å². The molecular formula is C22H22N2O5S. The molecule has 0 fully saturated rings. The third-order valence-electron chi connectivity index (χ3n) is 5.32. The zero-order valence-corrected chi connectivity index (χ0v) is 17.5. The van der Waals surface area contributed by atoms with Gasteiger partial charge in [0.05, 0.1) is 23.3 Å². The Kier molecular flexibility index (Phi) is 5.67. The minimum atomic E-state index is -0.404. The van der Waals surface area contributed by atoms with E-state index in [1.165, 1.54) is 16.2 Å². The maximum atomic E-state index is 12.5. The van der Waals surface area contributed by atoms with Gasteiger partial charge in [-0.1, -0.05) is 12.1 Å². The fourth-order valence-electron chi connectivity index (χ4n) is 3.94. The van der Waals surface area contributed by atoms with Gasteiger partial charge in [-0.05, 0) is 50.3 Å². The third kappa shape index (κ3) is 3.63. The first-order valence-corrected chi connectivity index (χ1v) is 10.9. The summed E-state index contributed by atoms with van der Waals surface area (Å²) in [5.41, 5.74) is 2.26. The molecule has 2 aromatic rings. The van der Waals surface area contributed by atoms with E-state index >= 15 is 0 Å². The standard InChI is InChI=1S/C22H22N2O5S/c1-2-29-22(28)18-15-9-5-10-16(15)30-19(18)23-17(25)11-6-12-24-20(26)13-7-3-4-8-14(13)21(24)27/h3-4,7-8H,2,5-6,9-12H2,1H3,(H,23,25). The van der Waals surface area contributed by atoms with Gasteiger partial charge in [0.2, 0.25) is 5.91 Å². The van der Waals surface area contributed by atoms with Crippen molar-refractivity contribution in [1.82, 2.24) is 4.90 Å². The number of esters is 1. The number of anilines is 1. The van der Waals surface area contributed by atoms with Crippen LogP contribution in [0, 0.1) is 0 Å². The summed E-state index contributed by atoms with van der Waals surface area (Å²) in [6.07, 6.45) is 3.20. The Bertz CT molecular complexity index is 1010. The van der Waals surface area contributed by atoms with Crippen molar-refractivity contribution in [3.63, 3.8) is 0 Å². The Morgan fingerprint density at radius 2 is 1.83 bits per heavy atom. The molecule has 0 saturated carbocycles. The maximum absolute atomic E-state index is 12.5. The van der Waals surface area contributed by atoms with Crippen LogP contribution in [0.15, 0.2) is 24.3 Å². The normalized spacial score (nSPS) is 14.6. The van der Waals surface area contributed by atoms with Gasteiger partial charge in [-0.2, -0.15) is 0 Å². The van der Waals surface area contributed by atoms with Crippen molar-refractivity contribution in [3.8, 4) is 0 Å². The topological polar surface area (TPSA) is 92.8 Å². The van der Waals surface area contributed by atoms with Gasteiger partial charge < -0.3 is 10.1 Å². The summed E-state index contributed by atoms with van der Waals surface area (Å²) in [5.74, 6) is -1.30. The molecule has 2 heterocycles. The summed E-state index contributed by atoms with van der Waals surface area (Å²) in [5, 5.41) is 3.37. The average Bonchev–Trinajstić information content (AvgIpc) is 3.37. The van der Waals surface area contributed by atoms with E-state index in [9.17, 15) is 19.2 Å². The lowest BCUT2D eigenvalue weighted by Gasteiger charge is -2.13. The second-order valence-corrected chi connectivity index (χ2v) is 8.35. The molecule has 30 heavy (non-hydrogen) atoms. The van der Waals surface area contributed by atoms with Crippen LogP contribution < -0.4 is 5.32 Å². The zero-order chi connectivity index (χ0) is 21.3. The summed E-state index contributed by atoms with van der Waals surface area (Å²) in [7, 11) is 0. The van der Waals surface area contributed by atoms with E-state index in [0.29, 0.717) is 28.1 Å². The molecule has 2 aliphatic rings. The Labute approximate surface area is 178 Å². The Morgan fingerprint density at radius 3 is 2.50 bits per heavy atom. The molecule has 4 rings (SSSR count). The number of thiophene rings is 1. The van der Waals surface area contributed by atoms with Gasteiger partial charge in [0.15, 0.2) is 0 Å². The molecule has 0 atom stereocenters. The van der Waals surface area contributed by atoms with Crippen LogP contribution in [-0.2, 0) is 22.4 Å². The van der Waals surface area contributed by atoms with Crippen molar-refractivity contribution in [1.29, 1.82) is 0 Å². The summed E-state index contributed by atoms with van der Waals surface area (Å²) in [4.78, 5) is 52.0. The monoisotopic (exact) mass is 426 g/mol. The van der Waals surface area contributed by atoms with Gasteiger partial charge in [0, 0.05) is 17.8 Å². The largest absolute Gasteiger partial charge is 0.462 e. The van der Waals surface area contributed by atoms with E-state index in [-0.39, 0.29) is 37.3 Å². The molecule has 1 aromatic heterocycles. The lowest BCUT2D eigenvalue weighted by molar-refractivity contribution is -0.116. The molecule has 0 spiro atoms. The Balaban J connectivity index is 1.37. The second-order valence-electron chi connectivity index (χ2n) is 7.24. The fourth-order valence-corrected chi connectivity index (χ4v) is 5.23. The van der Waals surface area contributed by atoms with Crippen molar-refractivity contribution in [3.05, 3.63) is 51.4 Å². The van der Waals surface area contributed by atoms with Crippen LogP contribution in [-0.4, -0.2) is 41.7 Å². The molecule has 0 radical (unpaired) electrons.